The summed E-state index contributed by atoms with van der Waals surface area (Å²) in [5.41, 5.74) is 2.24. The Balaban J connectivity index is 1.26. The molecule has 1 unspecified atom stereocenters. The van der Waals surface area contributed by atoms with Gasteiger partial charge in [-0.05, 0) is 56.0 Å². The zero-order chi connectivity index (χ0) is 19.5. The molecule has 28 heavy (non-hydrogen) atoms. The largest absolute Gasteiger partial charge is 0.390 e. The van der Waals surface area contributed by atoms with Gasteiger partial charge in [0.05, 0.1) is 23.8 Å². The van der Waals surface area contributed by atoms with Gasteiger partial charge in [-0.25, -0.2) is 0 Å². The van der Waals surface area contributed by atoms with Crippen LogP contribution < -0.4 is 0 Å². The summed E-state index contributed by atoms with van der Waals surface area (Å²) >= 11 is 0. The second-order valence-corrected chi connectivity index (χ2v) is 7.85. The van der Waals surface area contributed by atoms with Crippen molar-refractivity contribution in [3.63, 3.8) is 0 Å². The van der Waals surface area contributed by atoms with Crippen LogP contribution in [0.5, 0.6) is 0 Å². The van der Waals surface area contributed by atoms with Crippen molar-refractivity contribution >= 4 is 11.8 Å². The number of nitrogens with zero attached hydrogens (tertiary/aromatic N) is 2. The van der Waals surface area contributed by atoms with E-state index in [4.69, 9.17) is 0 Å². The maximum absolute atomic E-state index is 12.4. The van der Waals surface area contributed by atoms with Crippen LogP contribution in [0.4, 0.5) is 0 Å². The molecular formula is C23H26N2O3. The van der Waals surface area contributed by atoms with E-state index in [1.807, 2.05) is 6.07 Å². The molecule has 0 radical (unpaired) electrons. The topological polar surface area (TPSA) is 60.9 Å². The molecule has 1 fully saturated rings. The molecule has 2 aliphatic heterocycles. The second-order valence-electron chi connectivity index (χ2n) is 7.85. The first kappa shape index (κ1) is 18.8. The van der Waals surface area contributed by atoms with E-state index in [1.54, 1.807) is 24.3 Å². The predicted octanol–water partition coefficient (Wildman–Crippen LogP) is 2.60. The number of aliphatic hydroxyl groups is 1. The van der Waals surface area contributed by atoms with Crippen LogP contribution in [0.1, 0.15) is 39.1 Å². The molecule has 2 aliphatic rings. The monoisotopic (exact) mass is 378 g/mol. The number of piperidine rings is 1. The molecule has 1 saturated heterocycles. The smallest absolute Gasteiger partial charge is 0.261 e. The molecule has 146 valence electrons. The van der Waals surface area contributed by atoms with Gasteiger partial charge in [-0.1, -0.05) is 42.5 Å². The average molecular weight is 378 g/mol. The Kier molecular flexibility index (Phi) is 5.55. The molecule has 5 heteroatoms. The Morgan fingerprint density at radius 2 is 1.43 bits per heavy atom. The van der Waals surface area contributed by atoms with Crippen LogP contribution in [0.3, 0.4) is 0 Å². The first-order chi connectivity index (χ1) is 13.6. The summed E-state index contributed by atoms with van der Waals surface area (Å²) < 4.78 is 0. The Morgan fingerprint density at radius 3 is 2.04 bits per heavy atom. The number of imide groups is 1. The summed E-state index contributed by atoms with van der Waals surface area (Å²) in [7, 11) is 0. The molecule has 0 bridgehead atoms. The Bertz CT molecular complexity index is 809. The predicted molar refractivity (Wildman–Crippen MR) is 107 cm³/mol. The molecule has 4 rings (SSSR count). The Labute approximate surface area is 165 Å². The number of amides is 2. The highest BCUT2D eigenvalue weighted by Crippen LogP contribution is 2.24. The number of β-amino-alcohol motifs (C(OH)–C–C–N with tert-alkyl or cyclic N) is 1. The van der Waals surface area contributed by atoms with Crippen molar-refractivity contribution < 1.29 is 14.7 Å². The Morgan fingerprint density at radius 1 is 0.857 bits per heavy atom. The molecule has 2 amide bonds. The third-order valence-corrected chi connectivity index (χ3v) is 5.81. The number of hydrogen-bond donors (Lipinski definition) is 1. The molecule has 2 aromatic carbocycles. The maximum atomic E-state index is 12.4. The Hall–Kier alpha value is -2.50. The first-order valence-electron chi connectivity index (χ1n) is 10.0. The minimum atomic E-state index is -0.729. The van der Waals surface area contributed by atoms with Crippen molar-refractivity contribution in [2.24, 2.45) is 5.92 Å². The first-order valence-corrected chi connectivity index (χ1v) is 10.0. The third-order valence-electron chi connectivity index (χ3n) is 5.81. The van der Waals surface area contributed by atoms with E-state index in [9.17, 15) is 14.7 Å². The number of carbonyl (C=O) groups excluding carboxylic acids is 2. The van der Waals surface area contributed by atoms with Crippen molar-refractivity contribution in [1.29, 1.82) is 0 Å². The number of benzene rings is 2. The number of hydrogen-bond acceptors (Lipinski definition) is 4. The lowest BCUT2D eigenvalue weighted by Crippen LogP contribution is -2.44. The van der Waals surface area contributed by atoms with Gasteiger partial charge < -0.3 is 10.0 Å². The highest BCUT2D eigenvalue weighted by Gasteiger charge is 2.36. The number of likely N-dealkylation sites (tertiary alicyclic amines) is 1. The van der Waals surface area contributed by atoms with E-state index in [2.05, 4.69) is 29.2 Å². The third kappa shape index (κ3) is 4.01. The minimum Gasteiger partial charge on any atom is -0.390 e. The highest BCUT2D eigenvalue weighted by atomic mass is 16.3. The fourth-order valence-corrected chi connectivity index (χ4v) is 4.29. The van der Waals surface area contributed by atoms with Gasteiger partial charge in [0.15, 0.2) is 0 Å². The average Bonchev–Trinajstić information content (AvgIpc) is 2.95. The number of carbonyl (C=O) groups is 2. The second kappa shape index (κ2) is 8.25. The lowest BCUT2D eigenvalue weighted by molar-refractivity contribution is 0.0435. The van der Waals surface area contributed by atoms with Crippen molar-refractivity contribution in [1.82, 2.24) is 9.80 Å². The summed E-state index contributed by atoms with van der Waals surface area (Å²) in [4.78, 5) is 28.3. The van der Waals surface area contributed by atoms with Gasteiger partial charge >= 0.3 is 0 Å². The van der Waals surface area contributed by atoms with Crippen molar-refractivity contribution in [3.05, 3.63) is 71.3 Å². The van der Waals surface area contributed by atoms with Gasteiger partial charge in [-0.2, -0.15) is 0 Å². The van der Waals surface area contributed by atoms with Gasteiger partial charge in [0.2, 0.25) is 0 Å². The quantitative estimate of drug-likeness (QED) is 0.785. The van der Waals surface area contributed by atoms with Gasteiger partial charge in [0.25, 0.3) is 11.8 Å². The van der Waals surface area contributed by atoms with E-state index in [0.29, 0.717) is 23.6 Å². The van der Waals surface area contributed by atoms with Crippen LogP contribution >= 0.6 is 0 Å². The van der Waals surface area contributed by atoms with E-state index in [-0.39, 0.29) is 18.4 Å². The molecule has 0 spiro atoms. The van der Waals surface area contributed by atoms with Gasteiger partial charge in [0, 0.05) is 6.54 Å². The molecule has 2 heterocycles. The van der Waals surface area contributed by atoms with E-state index in [0.717, 1.165) is 32.4 Å². The van der Waals surface area contributed by atoms with Crippen LogP contribution in [-0.2, 0) is 6.42 Å². The molecule has 5 nitrogen and oxygen atoms in total. The van der Waals surface area contributed by atoms with Crippen molar-refractivity contribution in [2.75, 3.05) is 26.2 Å². The van der Waals surface area contributed by atoms with Crippen LogP contribution in [0.25, 0.3) is 0 Å². The standard InChI is InChI=1S/C23H26N2O3/c26-19(16-25-22(27)20-8-4-5-9-21(20)23(25)28)15-24-12-10-18(11-13-24)14-17-6-2-1-3-7-17/h1-9,18-19,26H,10-16H2. The van der Waals surface area contributed by atoms with Crippen LogP contribution in [0.15, 0.2) is 54.6 Å². The van der Waals surface area contributed by atoms with Gasteiger partial charge in [0.1, 0.15) is 0 Å². The lowest BCUT2D eigenvalue weighted by Gasteiger charge is -2.33. The number of fused-ring (bicyclic) bond motifs is 1. The van der Waals surface area contributed by atoms with Crippen LogP contribution in [0.2, 0.25) is 0 Å². The normalized spacial score (nSPS) is 19.1. The molecule has 0 aromatic heterocycles. The molecule has 2 aromatic rings. The van der Waals surface area contributed by atoms with Gasteiger partial charge in [-0.3, -0.25) is 14.5 Å². The number of aliphatic hydroxyl groups excluding tert-OH is 1. The fourth-order valence-electron chi connectivity index (χ4n) is 4.29. The maximum Gasteiger partial charge on any atom is 0.261 e. The molecule has 0 saturated carbocycles. The van der Waals surface area contributed by atoms with Crippen LogP contribution in [-0.4, -0.2) is 59.0 Å². The van der Waals surface area contributed by atoms with Gasteiger partial charge in [-0.15, -0.1) is 0 Å². The summed E-state index contributed by atoms with van der Waals surface area (Å²) in [5, 5.41) is 10.5. The molecule has 1 N–H and O–H groups in total. The summed E-state index contributed by atoms with van der Waals surface area (Å²) in [5.74, 6) is 0.0643. The summed E-state index contributed by atoms with van der Waals surface area (Å²) in [6.07, 6.45) is 2.59. The molecular weight excluding hydrogens is 352 g/mol. The SMILES string of the molecule is O=C1c2ccccc2C(=O)N1CC(O)CN1CCC(Cc2ccccc2)CC1. The highest BCUT2D eigenvalue weighted by molar-refractivity contribution is 6.21. The van der Waals surface area contributed by atoms with Crippen LogP contribution in [0, 0.1) is 5.92 Å². The van der Waals surface area contributed by atoms with E-state index in [1.165, 1.54) is 10.5 Å². The number of rotatable bonds is 6. The van der Waals surface area contributed by atoms with Crippen molar-refractivity contribution in [2.45, 2.75) is 25.4 Å². The fraction of sp³-hybridized carbons (Fsp3) is 0.391. The summed E-state index contributed by atoms with van der Waals surface area (Å²) in [6.45, 7) is 2.43. The zero-order valence-corrected chi connectivity index (χ0v) is 16.0. The van der Waals surface area contributed by atoms with E-state index >= 15 is 0 Å². The minimum absolute atomic E-state index is 0.0519. The summed E-state index contributed by atoms with van der Waals surface area (Å²) in [6, 6.07) is 17.4. The molecule has 1 atom stereocenters. The lowest BCUT2D eigenvalue weighted by atomic mass is 9.90. The van der Waals surface area contributed by atoms with Crippen molar-refractivity contribution in [3.8, 4) is 0 Å². The molecule has 0 aliphatic carbocycles. The van der Waals surface area contributed by atoms with E-state index < -0.39 is 6.10 Å². The zero-order valence-electron chi connectivity index (χ0n) is 16.0.